The summed E-state index contributed by atoms with van der Waals surface area (Å²) in [6, 6.07) is 1.88. The second kappa shape index (κ2) is 4.37. The molecule has 2 N–H and O–H groups in total. The third-order valence-electron chi connectivity index (χ3n) is 3.42. The van der Waals surface area contributed by atoms with E-state index in [0.717, 1.165) is 30.8 Å². The molecule has 1 aliphatic heterocycles. The fourth-order valence-electron chi connectivity index (χ4n) is 2.54. The summed E-state index contributed by atoms with van der Waals surface area (Å²) in [6.45, 7) is 3.66. The smallest absolute Gasteiger partial charge is 0.317 e. The van der Waals surface area contributed by atoms with E-state index in [1.807, 2.05) is 13.0 Å². The number of aromatic amines is 1. The Hall–Kier alpha value is -1.40. The Morgan fingerprint density at radius 2 is 2.06 bits per heavy atom. The third-order valence-corrected chi connectivity index (χ3v) is 4.38. The highest BCUT2D eigenvalue weighted by atomic mass is 32.1. The zero-order chi connectivity index (χ0) is 12.7. The summed E-state index contributed by atoms with van der Waals surface area (Å²) in [4.78, 5) is 29.0. The van der Waals surface area contributed by atoms with Crippen LogP contribution in [-0.4, -0.2) is 22.6 Å². The molecule has 0 atom stereocenters. The van der Waals surface area contributed by atoms with Crippen LogP contribution < -0.4 is 16.6 Å². The molecule has 0 bridgehead atoms. The van der Waals surface area contributed by atoms with Gasteiger partial charge in [-0.25, -0.2) is 4.79 Å². The second-order valence-electron chi connectivity index (χ2n) is 4.69. The first-order chi connectivity index (χ1) is 8.66. The monoisotopic (exact) mass is 265 g/mol. The number of nitrogens with one attached hydrogen (secondary N) is 2. The molecule has 0 amide bonds. The molecule has 1 aliphatic rings. The van der Waals surface area contributed by atoms with Crippen LogP contribution in [0, 0.1) is 6.92 Å². The molecule has 0 radical (unpaired) electrons. The molecule has 2 aromatic rings. The maximum atomic E-state index is 12.4. The molecule has 2 aromatic heterocycles. The number of H-pyrrole nitrogens is 1. The van der Waals surface area contributed by atoms with Crippen molar-refractivity contribution in [1.82, 2.24) is 14.9 Å². The number of hydrogen-bond acceptors (Lipinski definition) is 4. The fourth-order valence-corrected chi connectivity index (χ4v) is 3.44. The van der Waals surface area contributed by atoms with E-state index in [4.69, 9.17) is 0 Å². The molecule has 96 valence electrons. The van der Waals surface area contributed by atoms with E-state index in [2.05, 4.69) is 10.3 Å². The Balaban J connectivity index is 2.22. The lowest BCUT2D eigenvalue weighted by molar-refractivity contribution is 0.352. The van der Waals surface area contributed by atoms with E-state index in [1.54, 1.807) is 0 Å². The Labute approximate surface area is 107 Å². The quantitative estimate of drug-likeness (QED) is 0.808. The largest absolute Gasteiger partial charge is 0.329 e. The predicted molar refractivity (Wildman–Crippen MR) is 72.6 cm³/mol. The minimum Gasteiger partial charge on any atom is -0.317 e. The molecule has 5 nitrogen and oxygen atoms in total. The van der Waals surface area contributed by atoms with Gasteiger partial charge >= 0.3 is 5.69 Å². The van der Waals surface area contributed by atoms with Crippen LogP contribution >= 0.6 is 11.3 Å². The van der Waals surface area contributed by atoms with Crippen molar-refractivity contribution < 1.29 is 0 Å². The highest BCUT2D eigenvalue weighted by Gasteiger charge is 2.20. The summed E-state index contributed by atoms with van der Waals surface area (Å²) in [6.07, 6.45) is 1.66. The maximum absolute atomic E-state index is 12.4. The molecule has 1 saturated heterocycles. The van der Waals surface area contributed by atoms with Crippen molar-refractivity contribution >= 4 is 21.6 Å². The van der Waals surface area contributed by atoms with Crippen molar-refractivity contribution in [2.75, 3.05) is 13.1 Å². The average Bonchev–Trinajstić information content (AvgIpc) is 2.71. The van der Waals surface area contributed by atoms with Gasteiger partial charge in [-0.1, -0.05) is 0 Å². The number of thiophene rings is 1. The van der Waals surface area contributed by atoms with Crippen LogP contribution in [0.2, 0.25) is 0 Å². The van der Waals surface area contributed by atoms with Crippen molar-refractivity contribution in [3.8, 4) is 0 Å². The molecule has 1 fully saturated rings. The molecule has 18 heavy (non-hydrogen) atoms. The van der Waals surface area contributed by atoms with Gasteiger partial charge < -0.3 is 5.32 Å². The lowest BCUT2D eigenvalue weighted by atomic mass is 10.1. The predicted octanol–water partition coefficient (Wildman–Crippen LogP) is 0.984. The van der Waals surface area contributed by atoms with E-state index in [0.29, 0.717) is 10.2 Å². The number of aromatic nitrogens is 2. The van der Waals surface area contributed by atoms with Gasteiger partial charge in [-0.2, -0.15) is 0 Å². The van der Waals surface area contributed by atoms with E-state index >= 15 is 0 Å². The molecule has 6 heteroatoms. The number of nitrogens with zero attached hydrogens (tertiary/aromatic N) is 1. The van der Waals surface area contributed by atoms with E-state index in [9.17, 15) is 9.59 Å². The number of hydrogen-bond donors (Lipinski definition) is 2. The van der Waals surface area contributed by atoms with Gasteiger partial charge in [0.25, 0.3) is 5.56 Å². The first-order valence-corrected chi connectivity index (χ1v) is 6.94. The summed E-state index contributed by atoms with van der Waals surface area (Å²) < 4.78 is 1.40. The lowest BCUT2D eigenvalue weighted by Gasteiger charge is -2.23. The zero-order valence-corrected chi connectivity index (χ0v) is 11.0. The number of rotatable bonds is 1. The highest BCUT2D eigenvalue weighted by molar-refractivity contribution is 7.18. The van der Waals surface area contributed by atoms with Crippen molar-refractivity contribution in [3.05, 3.63) is 31.8 Å². The van der Waals surface area contributed by atoms with Gasteiger partial charge in [0.05, 0.1) is 5.39 Å². The molecule has 0 aromatic carbocycles. The van der Waals surface area contributed by atoms with Gasteiger partial charge in [0.1, 0.15) is 4.83 Å². The molecular formula is C12H15N3O2S. The fraction of sp³-hybridized carbons (Fsp3) is 0.500. The molecular weight excluding hydrogens is 250 g/mol. The Bertz CT molecular complexity index is 691. The SMILES string of the molecule is Cc1cc2c(=O)n(C3CCNCC3)c(=O)[nH]c2s1. The number of piperidine rings is 1. The van der Waals surface area contributed by atoms with Crippen molar-refractivity contribution in [3.63, 3.8) is 0 Å². The van der Waals surface area contributed by atoms with Crippen LogP contribution in [0.15, 0.2) is 15.7 Å². The van der Waals surface area contributed by atoms with E-state index < -0.39 is 0 Å². The highest BCUT2D eigenvalue weighted by Crippen LogP contribution is 2.20. The van der Waals surface area contributed by atoms with Crippen molar-refractivity contribution in [1.29, 1.82) is 0 Å². The summed E-state index contributed by atoms with van der Waals surface area (Å²) in [5.74, 6) is 0. The Morgan fingerprint density at radius 1 is 1.33 bits per heavy atom. The molecule has 0 saturated carbocycles. The molecule has 3 rings (SSSR count). The molecule has 0 spiro atoms. The van der Waals surface area contributed by atoms with E-state index in [1.165, 1.54) is 15.9 Å². The van der Waals surface area contributed by atoms with Gasteiger partial charge in [0.15, 0.2) is 0 Å². The number of aryl methyl sites for hydroxylation is 1. The summed E-state index contributed by atoms with van der Waals surface area (Å²) in [5, 5.41) is 3.87. The summed E-state index contributed by atoms with van der Waals surface area (Å²) in [5.41, 5.74) is -0.425. The molecule has 0 unspecified atom stereocenters. The van der Waals surface area contributed by atoms with Gasteiger partial charge in [-0.3, -0.25) is 14.3 Å². The first-order valence-electron chi connectivity index (χ1n) is 6.12. The van der Waals surface area contributed by atoms with Crippen LogP contribution in [0.5, 0.6) is 0 Å². The summed E-state index contributed by atoms with van der Waals surface area (Å²) in [7, 11) is 0. The van der Waals surface area contributed by atoms with Gasteiger partial charge in [-0.15, -0.1) is 11.3 Å². The molecule has 3 heterocycles. The standard InChI is InChI=1S/C12H15N3O2S/c1-7-6-9-10(18-7)14-12(17)15(11(9)16)8-2-4-13-5-3-8/h6,8,13H,2-5H2,1H3,(H,14,17). The van der Waals surface area contributed by atoms with Crippen molar-refractivity contribution in [2.24, 2.45) is 0 Å². The minimum absolute atomic E-state index is 0.0205. The van der Waals surface area contributed by atoms with Gasteiger partial charge in [-0.05, 0) is 38.9 Å². The topological polar surface area (TPSA) is 66.9 Å². The van der Waals surface area contributed by atoms with Crippen molar-refractivity contribution in [2.45, 2.75) is 25.8 Å². The van der Waals surface area contributed by atoms with Crippen LogP contribution in [0.1, 0.15) is 23.8 Å². The van der Waals surface area contributed by atoms with Gasteiger partial charge in [0.2, 0.25) is 0 Å². The minimum atomic E-state index is -0.277. The van der Waals surface area contributed by atoms with Crippen LogP contribution in [0.3, 0.4) is 0 Å². The molecule has 0 aliphatic carbocycles. The third kappa shape index (κ3) is 1.81. The van der Waals surface area contributed by atoms with E-state index in [-0.39, 0.29) is 17.3 Å². The lowest BCUT2D eigenvalue weighted by Crippen LogP contribution is -2.41. The number of fused-ring (bicyclic) bond motifs is 1. The zero-order valence-electron chi connectivity index (χ0n) is 10.2. The average molecular weight is 265 g/mol. The van der Waals surface area contributed by atoms with Crippen LogP contribution in [0.25, 0.3) is 10.2 Å². The normalized spacial score (nSPS) is 17.4. The second-order valence-corrected chi connectivity index (χ2v) is 5.94. The first kappa shape index (κ1) is 11.7. The summed E-state index contributed by atoms with van der Waals surface area (Å²) >= 11 is 1.45. The Kier molecular flexibility index (Phi) is 2.83. The van der Waals surface area contributed by atoms with Crippen LogP contribution in [-0.2, 0) is 0 Å². The Morgan fingerprint density at radius 3 is 2.78 bits per heavy atom. The maximum Gasteiger partial charge on any atom is 0.329 e. The van der Waals surface area contributed by atoms with Crippen LogP contribution in [0.4, 0.5) is 0 Å². The van der Waals surface area contributed by atoms with Gasteiger partial charge in [0, 0.05) is 10.9 Å².